The highest BCUT2D eigenvalue weighted by Gasteiger charge is 2.25. The Kier molecular flexibility index (Phi) is 3.49. The molecule has 0 N–H and O–H groups in total. The van der Waals surface area contributed by atoms with Gasteiger partial charge < -0.3 is 4.90 Å². The molecule has 2 rings (SSSR count). The van der Waals surface area contributed by atoms with Gasteiger partial charge in [-0.3, -0.25) is 0 Å². The molecule has 14 heavy (non-hydrogen) atoms. The Balaban J connectivity index is 1.89. The van der Waals surface area contributed by atoms with Gasteiger partial charge in [-0.1, -0.05) is 25.8 Å². The lowest BCUT2D eigenvalue weighted by molar-refractivity contribution is 0.169. The molecule has 0 saturated carbocycles. The van der Waals surface area contributed by atoms with Crippen LogP contribution in [0.25, 0.3) is 0 Å². The SMILES string of the molecule is CCCCC1CCCCN1C1=CCC1. The number of piperidine rings is 1. The highest BCUT2D eigenvalue weighted by atomic mass is 15.2. The molecule has 1 aliphatic carbocycles. The molecule has 0 aromatic heterocycles. The second kappa shape index (κ2) is 4.86. The molecule has 1 heteroatoms. The first kappa shape index (κ1) is 10.1. The van der Waals surface area contributed by atoms with Crippen molar-refractivity contribution < 1.29 is 0 Å². The van der Waals surface area contributed by atoms with Gasteiger partial charge >= 0.3 is 0 Å². The summed E-state index contributed by atoms with van der Waals surface area (Å²) in [6.07, 6.45) is 13.6. The largest absolute Gasteiger partial charge is 0.372 e. The van der Waals surface area contributed by atoms with E-state index in [9.17, 15) is 0 Å². The quantitative estimate of drug-likeness (QED) is 0.658. The molecule has 0 aromatic rings. The van der Waals surface area contributed by atoms with Gasteiger partial charge in [0.15, 0.2) is 0 Å². The third-order valence-corrected chi connectivity index (χ3v) is 3.67. The second-order valence-corrected chi connectivity index (χ2v) is 4.72. The van der Waals surface area contributed by atoms with E-state index in [-0.39, 0.29) is 0 Å². The molecule has 0 spiro atoms. The van der Waals surface area contributed by atoms with Crippen LogP contribution in [-0.2, 0) is 0 Å². The molecule has 1 fully saturated rings. The van der Waals surface area contributed by atoms with Crippen LogP contribution < -0.4 is 0 Å². The lowest BCUT2D eigenvalue weighted by atomic mass is 9.93. The minimum absolute atomic E-state index is 0.884. The number of nitrogens with zero attached hydrogens (tertiary/aromatic N) is 1. The van der Waals surface area contributed by atoms with Crippen LogP contribution in [0.1, 0.15) is 58.3 Å². The number of hydrogen-bond acceptors (Lipinski definition) is 1. The van der Waals surface area contributed by atoms with Crippen molar-refractivity contribution in [2.75, 3.05) is 6.54 Å². The van der Waals surface area contributed by atoms with Gasteiger partial charge in [-0.25, -0.2) is 0 Å². The molecule has 0 bridgehead atoms. The summed E-state index contributed by atoms with van der Waals surface area (Å²) in [6, 6.07) is 0.884. The van der Waals surface area contributed by atoms with E-state index in [1.54, 1.807) is 5.70 Å². The van der Waals surface area contributed by atoms with Crippen LogP contribution in [-0.4, -0.2) is 17.5 Å². The molecule has 1 nitrogen and oxygen atoms in total. The highest BCUT2D eigenvalue weighted by Crippen LogP contribution is 2.31. The summed E-state index contributed by atoms with van der Waals surface area (Å²) >= 11 is 0. The van der Waals surface area contributed by atoms with Gasteiger partial charge in [0.05, 0.1) is 0 Å². The zero-order valence-corrected chi connectivity index (χ0v) is 9.47. The summed E-state index contributed by atoms with van der Waals surface area (Å²) in [5, 5.41) is 0. The molecule has 1 atom stereocenters. The van der Waals surface area contributed by atoms with Crippen LogP contribution in [0.2, 0.25) is 0 Å². The zero-order chi connectivity index (χ0) is 9.80. The molecule has 0 radical (unpaired) electrons. The highest BCUT2D eigenvalue weighted by molar-refractivity contribution is 5.13. The Labute approximate surface area is 88.2 Å². The van der Waals surface area contributed by atoms with Crippen molar-refractivity contribution in [1.29, 1.82) is 0 Å². The maximum Gasteiger partial charge on any atom is 0.0286 e. The fraction of sp³-hybridized carbons (Fsp3) is 0.846. The van der Waals surface area contributed by atoms with Crippen LogP contribution in [0.15, 0.2) is 11.8 Å². The normalized spacial score (nSPS) is 27.1. The third-order valence-electron chi connectivity index (χ3n) is 3.67. The molecule has 1 heterocycles. The summed E-state index contributed by atoms with van der Waals surface area (Å²) in [7, 11) is 0. The summed E-state index contributed by atoms with van der Waals surface area (Å²) in [5.41, 5.74) is 1.66. The second-order valence-electron chi connectivity index (χ2n) is 4.72. The van der Waals surface area contributed by atoms with Crippen LogP contribution in [0, 0.1) is 0 Å². The van der Waals surface area contributed by atoms with Gasteiger partial charge in [-0.15, -0.1) is 0 Å². The standard InChI is InChI=1S/C13H23N/c1-2-3-7-12-8-4-5-11-14(12)13-9-6-10-13/h9,12H,2-8,10-11H2,1H3. The van der Waals surface area contributed by atoms with E-state index >= 15 is 0 Å². The number of allylic oxidation sites excluding steroid dienone is 2. The molecule has 1 unspecified atom stereocenters. The fourth-order valence-corrected chi connectivity index (χ4v) is 2.65. The molecule has 2 aliphatic rings. The number of likely N-dealkylation sites (tertiary alicyclic amines) is 1. The Bertz CT molecular complexity index is 207. The maximum absolute atomic E-state index is 2.71. The summed E-state index contributed by atoms with van der Waals surface area (Å²) in [5.74, 6) is 0. The predicted molar refractivity (Wildman–Crippen MR) is 61.2 cm³/mol. The molecule has 1 aliphatic heterocycles. The van der Waals surface area contributed by atoms with Crippen molar-refractivity contribution in [3.63, 3.8) is 0 Å². The third kappa shape index (κ3) is 2.13. The van der Waals surface area contributed by atoms with Gasteiger partial charge in [-0.2, -0.15) is 0 Å². The Morgan fingerprint density at radius 1 is 1.43 bits per heavy atom. The average molecular weight is 193 g/mol. The minimum Gasteiger partial charge on any atom is -0.372 e. The van der Waals surface area contributed by atoms with E-state index in [1.165, 1.54) is 57.9 Å². The molecule has 1 saturated heterocycles. The van der Waals surface area contributed by atoms with E-state index in [4.69, 9.17) is 0 Å². The summed E-state index contributed by atoms with van der Waals surface area (Å²) in [6.45, 7) is 3.63. The van der Waals surface area contributed by atoms with Gasteiger partial charge in [0.1, 0.15) is 0 Å². The van der Waals surface area contributed by atoms with Gasteiger partial charge in [-0.05, 0) is 38.5 Å². The molecule has 0 aromatic carbocycles. The smallest absolute Gasteiger partial charge is 0.0286 e. The Hall–Kier alpha value is -0.460. The van der Waals surface area contributed by atoms with Crippen molar-refractivity contribution in [3.05, 3.63) is 11.8 Å². The fourth-order valence-electron chi connectivity index (χ4n) is 2.65. The van der Waals surface area contributed by atoms with E-state index < -0.39 is 0 Å². The lowest BCUT2D eigenvalue weighted by Gasteiger charge is -2.41. The van der Waals surface area contributed by atoms with Crippen LogP contribution >= 0.6 is 0 Å². The lowest BCUT2D eigenvalue weighted by Crippen LogP contribution is -2.40. The monoisotopic (exact) mass is 193 g/mol. The molecular weight excluding hydrogens is 170 g/mol. The van der Waals surface area contributed by atoms with E-state index in [1.807, 2.05) is 0 Å². The van der Waals surface area contributed by atoms with E-state index in [2.05, 4.69) is 17.9 Å². The van der Waals surface area contributed by atoms with Crippen LogP contribution in [0.4, 0.5) is 0 Å². The van der Waals surface area contributed by atoms with E-state index in [0.29, 0.717) is 0 Å². The van der Waals surface area contributed by atoms with Crippen molar-refractivity contribution in [1.82, 2.24) is 4.90 Å². The van der Waals surface area contributed by atoms with Gasteiger partial charge in [0.25, 0.3) is 0 Å². The zero-order valence-electron chi connectivity index (χ0n) is 9.47. The van der Waals surface area contributed by atoms with Crippen LogP contribution in [0.5, 0.6) is 0 Å². The maximum atomic E-state index is 2.71. The van der Waals surface area contributed by atoms with Gasteiger partial charge in [0, 0.05) is 18.3 Å². The van der Waals surface area contributed by atoms with E-state index in [0.717, 1.165) is 6.04 Å². The summed E-state index contributed by atoms with van der Waals surface area (Å²) in [4.78, 5) is 2.71. The minimum atomic E-state index is 0.884. The first-order chi connectivity index (χ1) is 6.92. The van der Waals surface area contributed by atoms with Crippen LogP contribution in [0.3, 0.4) is 0 Å². The number of rotatable bonds is 4. The van der Waals surface area contributed by atoms with Gasteiger partial charge in [0.2, 0.25) is 0 Å². The predicted octanol–water partition coefficient (Wildman–Crippen LogP) is 3.71. The Morgan fingerprint density at radius 3 is 2.93 bits per heavy atom. The Morgan fingerprint density at radius 2 is 2.29 bits per heavy atom. The van der Waals surface area contributed by atoms with Crippen molar-refractivity contribution in [3.8, 4) is 0 Å². The summed E-state index contributed by atoms with van der Waals surface area (Å²) < 4.78 is 0. The van der Waals surface area contributed by atoms with Crippen molar-refractivity contribution in [2.45, 2.75) is 64.3 Å². The molecular formula is C13H23N. The molecule has 80 valence electrons. The average Bonchev–Trinajstić information content (AvgIpc) is 2.14. The first-order valence-electron chi connectivity index (χ1n) is 6.37. The van der Waals surface area contributed by atoms with Crippen molar-refractivity contribution >= 4 is 0 Å². The topological polar surface area (TPSA) is 3.24 Å². The number of unbranched alkanes of at least 4 members (excludes halogenated alkanes) is 1. The molecule has 0 amide bonds. The van der Waals surface area contributed by atoms with Crippen molar-refractivity contribution in [2.24, 2.45) is 0 Å². The first-order valence-corrected chi connectivity index (χ1v) is 6.37. The number of hydrogen-bond donors (Lipinski definition) is 0.